The summed E-state index contributed by atoms with van der Waals surface area (Å²) in [4.78, 5) is 12.6. The van der Waals surface area contributed by atoms with E-state index in [0.717, 1.165) is 31.2 Å². The van der Waals surface area contributed by atoms with Crippen LogP contribution in [-0.4, -0.2) is 26.7 Å². The van der Waals surface area contributed by atoms with Crippen molar-refractivity contribution >= 4 is 37.6 Å². The molecule has 1 rings (SSSR count). The lowest BCUT2D eigenvalue weighted by Gasteiger charge is -2.14. The summed E-state index contributed by atoms with van der Waals surface area (Å²) < 4.78 is 35.5. The summed E-state index contributed by atoms with van der Waals surface area (Å²) in [6.45, 7) is 7.95. The Morgan fingerprint density at radius 1 is 1.04 bits per heavy atom. The largest absolute Gasteiger partial charge is 0.477 e. The van der Waals surface area contributed by atoms with Crippen LogP contribution in [0.25, 0.3) is 0 Å². The standard InChI is InChI=1S/C21H30BrNO4S/c1-5-8-10-18(20(22)19(24)11-9-6-2)21(27-7-3)23-28(25,26)17-14-12-16(4)13-15-17/h12-15H,5-11H2,1-4H3/b20-18+,23-21-. The van der Waals surface area contributed by atoms with Crippen LogP contribution in [-0.2, 0) is 19.6 Å². The first-order valence-corrected chi connectivity index (χ1v) is 12.0. The third-order valence-corrected chi connectivity index (χ3v) is 6.30. The summed E-state index contributed by atoms with van der Waals surface area (Å²) >= 11 is 3.39. The predicted octanol–water partition coefficient (Wildman–Crippen LogP) is 5.72. The van der Waals surface area contributed by atoms with Crippen LogP contribution in [0, 0.1) is 6.92 Å². The number of benzene rings is 1. The molecule has 28 heavy (non-hydrogen) atoms. The van der Waals surface area contributed by atoms with Crippen LogP contribution in [0.15, 0.2) is 43.6 Å². The first-order valence-electron chi connectivity index (χ1n) is 9.73. The van der Waals surface area contributed by atoms with Crippen molar-refractivity contribution < 1.29 is 17.9 Å². The van der Waals surface area contributed by atoms with Crippen LogP contribution in [0.3, 0.4) is 0 Å². The zero-order valence-corrected chi connectivity index (χ0v) is 19.5. The number of carbonyl (C=O) groups excluding carboxylic acids is 1. The Morgan fingerprint density at radius 3 is 2.14 bits per heavy atom. The number of nitrogens with zero attached hydrogens (tertiary/aromatic N) is 1. The summed E-state index contributed by atoms with van der Waals surface area (Å²) in [5.74, 6) is -0.0682. The quantitative estimate of drug-likeness (QED) is 0.235. The number of carbonyl (C=O) groups is 1. The molecular weight excluding hydrogens is 442 g/mol. The van der Waals surface area contributed by atoms with E-state index in [4.69, 9.17) is 4.74 Å². The molecule has 0 N–H and O–H groups in total. The Hall–Kier alpha value is -1.47. The molecule has 0 aromatic heterocycles. The molecule has 0 radical (unpaired) electrons. The number of ketones is 1. The van der Waals surface area contributed by atoms with E-state index in [9.17, 15) is 13.2 Å². The third-order valence-electron chi connectivity index (χ3n) is 4.11. The zero-order valence-electron chi connectivity index (χ0n) is 17.1. The third kappa shape index (κ3) is 7.51. The van der Waals surface area contributed by atoms with Gasteiger partial charge >= 0.3 is 0 Å². The average Bonchev–Trinajstić information content (AvgIpc) is 2.66. The molecule has 1 aromatic rings. The number of unbranched alkanes of at least 4 members (excludes halogenated alkanes) is 2. The smallest absolute Gasteiger partial charge is 0.285 e. The fourth-order valence-corrected chi connectivity index (χ4v) is 3.99. The van der Waals surface area contributed by atoms with Gasteiger partial charge in [0.2, 0.25) is 5.90 Å². The first-order chi connectivity index (χ1) is 13.3. The number of hydrogen-bond donors (Lipinski definition) is 0. The summed E-state index contributed by atoms with van der Waals surface area (Å²) in [5.41, 5.74) is 1.47. The predicted molar refractivity (Wildman–Crippen MR) is 117 cm³/mol. The fraction of sp³-hybridized carbons (Fsp3) is 0.524. The lowest BCUT2D eigenvalue weighted by molar-refractivity contribution is -0.115. The molecule has 156 valence electrons. The summed E-state index contributed by atoms with van der Waals surface area (Å²) in [5, 5.41) is 0. The van der Waals surface area contributed by atoms with E-state index in [1.807, 2.05) is 20.8 Å². The van der Waals surface area contributed by atoms with Crippen molar-refractivity contribution in [2.45, 2.75) is 71.1 Å². The molecule has 7 heteroatoms. The van der Waals surface area contributed by atoms with Gasteiger partial charge in [0.15, 0.2) is 5.78 Å². The van der Waals surface area contributed by atoms with Gasteiger partial charge < -0.3 is 4.74 Å². The lowest BCUT2D eigenvalue weighted by atomic mass is 10.0. The maximum absolute atomic E-state index is 12.8. The highest BCUT2D eigenvalue weighted by Gasteiger charge is 2.22. The minimum Gasteiger partial charge on any atom is -0.477 e. The maximum atomic E-state index is 12.8. The van der Waals surface area contributed by atoms with Crippen LogP contribution in [0.1, 0.15) is 64.9 Å². The molecule has 0 atom stereocenters. The van der Waals surface area contributed by atoms with Gasteiger partial charge in [-0.05, 0) is 61.2 Å². The molecule has 0 aliphatic rings. The normalized spacial score (nSPS) is 13.2. The molecule has 0 aliphatic carbocycles. The van der Waals surface area contributed by atoms with Gasteiger partial charge in [0.05, 0.1) is 16.0 Å². The van der Waals surface area contributed by atoms with E-state index in [1.165, 1.54) is 12.1 Å². The fourth-order valence-electron chi connectivity index (χ4n) is 2.46. The molecule has 1 aromatic carbocycles. The number of sulfonamides is 1. The van der Waals surface area contributed by atoms with E-state index < -0.39 is 10.0 Å². The van der Waals surface area contributed by atoms with Crippen molar-refractivity contribution in [1.29, 1.82) is 0 Å². The van der Waals surface area contributed by atoms with Crippen LogP contribution in [0.2, 0.25) is 0 Å². The molecule has 0 fully saturated rings. The monoisotopic (exact) mass is 471 g/mol. The topological polar surface area (TPSA) is 72.8 Å². The second-order valence-electron chi connectivity index (χ2n) is 6.54. The van der Waals surface area contributed by atoms with E-state index in [-0.39, 0.29) is 23.2 Å². The van der Waals surface area contributed by atoms with Crippen LogP contribution in [0.4, 0.5) is 0 Å². The molecular formula is C21H30BrNO4S. The van der Waals surface area contributed by atoms with Crippen LogP contribution in [0.5, 0.6) is 0 Å². The van der Waals surface area contributed by atoms with E-state index in [0.29, 0.717) is 22.9 Å². The van der Waals surface area contributed by atoms with Gasteiger partial charge in [-0.3, -0.25) is 4.79 Å². The van der Waals surface area contributed by atoms with Gasteiger partial charge in [-0.1, -0.05) is 44.4 Å². The summed E-state index contributed by atoms with van der Waals surface area (Å²) in [6.07, 6.45) is 4.29. The molecule has 0 unspecified atom stereocenters. The average molecular weight is 472 g/mol. The molecule has 5 nitrogen and oxygen atoms in total. The van der Waals surface area contributed by atoms with Crippen molar-refractivity contribution in [3.05, 3.63) is 39.9 Å². The Morgan fingerprint density at radius 2 is 1.61 bits per heavy atom. The minimum atomic E-state index is -3.95. The van der Waals surface area contributed by atoms with Crippen molar-refractivity contribution in [1.82, 2.24) is 0 Å². The van der Waals surface area contributed by atoms with Crippen molar-refractivity contribution in [3.63, 3.8) is 0 Å². The Labute approximate surface area is 177 Å². The van der Waals surface area contributed by atoms with Crippen molar-refractivity contribution in [2.24, 2.45) is 4.40 Å². The Balaban J connectivity index is 3.43. The van der Waals surface area contributed by atoms with Crippen LogP contribution >= 0.6 is 15.9 Å². The first kappa shape index (κ1) is 24.6. The Bertz CT molecular complexity index is 811. The van der Waals surface area contributed by atoms with Crippen LogP contribution < -0.4 is 0 Å². The second kappa shape index (κ2) is 12.2. The van der Waals surface area contributed by atoms with E-state index in [1.54, 1.807) is 19.1 Å². The number of Topliss-reactive ketones (excluding diaryl/α,β-unsaturated/α-hetero) is 1. The number of aryl methyl sites for hydroxylation is 1. The van der Waals surface area contributed by atoms with Gasteiger partial charge in [-0.2, -0.15) is 8.42 Å². The minimum absolute atomic E-state index is 0.00625. The molecule has 0 spiro atoms. The molecule has 0 saturated heterocycles. The molecule has 0 bridgehead atoms. The van der Waals surface area contributed by atoms with Crippen molar-refractivity contribution in [2.75, 3.05) is 6.61 Å². The summed E-state index contributed by atoms with van der Waals surface area (Å²) in [7, 11) is -3.95. The van der Waals surface area contributed by atoms with Crippen molar-refractivity contribution in [3.8, 4) is 0 Å². The molecule has 0 aliphatic heterocycles. The number of hydrogen-bond acceptors (Lipinski definition) is 4. The van der Waals surface area contributed by atoms with Gasteiger partial charge in [0.25, 0.3) is 10.0 Å². The van der Waals surface area contributed by atoms with E-state index >= 15 is 0 Å². The number of halogens is 1. The highest BCUT2D eigenvalue weighted by atomic mass is 79.9. The van der Waals surface area contributed by atoms with Gasteiger partial charge in [0, 0.05) is 12.0 Å². The second-order valence-corrected chi connectivity index (χ2v) is 8.94. The molecule has 0 saturated carbocycles. The highest BCUT2D eigenvalue weighted by molar-refractivity contribution is 9.12. The van der Waals surface area contributed by atoms with Gasteiger partial charge in [0.1, 0.15) is 0 Å². The molecule has 0 amide bonds. The van der Waals surface area contributed by atoms with E-state index in [2.05, 4.69) is 20.3 Å². The SMILES string of the molecule is CCCCC(=O)/C(Br)=C(CCCC)\C(=N\S(=O)(=O)c1ccc(C)cc1)OCC. The zero-order chi connectivity index (χ0) is 21.2. The number of ether oxygens (including phenoxy) is 1. The highest BCUT2D eigenvalue weighted by Crippen LogP contribution is 2.25. The lowest BCUT2D eigenvalue weighted by Crippen LogP contribution is -2.15. The Kier molecular flexibility index (Phi) is 10.7. The number of rotatable bonds is 11. The van der Waals surface area contributed by atoms with Gasteiger partial charge in [-0.15, -0.1) is 4.40 Å². The maximum Gasteiger partial charge on any atom is 0.285 e. The number of allylic oxidation sites excluding steroid dienone is 1. The molecule has 0 heterocycles. The van der Waals surface area contributed by atoms with Gasteiger partial charge in [-0.25, -0.2) is 0 Å². The summed E-state index contributed by atoms with van der Waals surface area (Å²) in [6, 6.07) is 6.49.